The molecule has 0 saturated carbocycles. The van der Waals surface area contributed by atoms with E-state index in [-0.39, 0.29) is 12.2 Å². The Kier molecular flexibility index (Phi) is 4.16. The molecule has 1 heterocycles. The standard InChI is InChI=1S/C10H21NO2/c1-8(2)6-9(12)10-7-11(3)4-5-13-10/h8-10,12H,4-7H2,1-3H3. The lowest BCUT2D eigenvalue weighted by Crippen LogP contribution is -2.46. The predicted molar refractivity (Wildman–Crippen MR) is 52.7 cm³/mol. The van der Waals surface area contributed by atoms with Gasteiger partial charge in [-0.25, -0.2) is 0 Å². The molecule has 0 bridgehead atoms. The summed E-state index contributed by atoms with van der Waals surface area (Å²) in [6, 6.07) is 0. The molecule has 0 aliphatic carbocycles. The minimum absolute atomic E-state index is 0.0150. The summed E-state index contributed by atoms with van der Waals surface area (Å²) >= 11 is 0. The number of morpholine rings is 1. The van der Waals surface area contributed by atoms with Crippen LogP contribution in [0.1, 0.15) is 20.3 Å². The summed E-state index contributed by atoms with van der Waals surface area (Å²) in [7, 11) is 2.07. The molecule has 1 aliphatic rings. The van der Waals surface area contributed by atoms with Crippen LogP contribution < -0.4 is 0 Å². The van der Waals surface area contributed by atoms with E-state index in [1.807, 2.05) is 0 Å². The van der Waals surface area contributed by atoms with Crippen molar-refractivity contribution in [2.45, 2.75) is 32.5 Å². The summed E-state index contributed by atoms with van der Waals surface area (Å²) in [5.41, 5.74) is 0. The van der Waals surface area contributed by atoms with Crippen molar-refractivity contribution >= 4 is 0 Å². The summed E-state index contributed by atoms with van der Waals surface area (Å²) in [5.74, 6) is 0.533. The van der Waals surface area contributed by atoms with Crippen LogP contribution in [0.3, 0.4) is 0 Å². The van der Waals surface area contributed by atoms with Crippen molar-refractivity contribution in [2.24, 2.45) is 5.92 Å². The first kappa shape index (κ1) is 11.0. The highest BCUT2D eigenvalue weighted by Gasteiger charge is 2.25. The Morgan fingerprint density at radius 2 is 2.23 bits per heavy atom. The lowest BCUT2D eigenvalue weighted by molar-refractivity contribution is -0.0878. The van der Waals surface area contributed by atoms with E-state index in [0.717, 1.165) is 26.1 Å². The van der Waals surface area contributed by atoms with Gasteiger partial charge in [0.25, 0.3) is 0 Å². The van der Waals surface area contributed by atoms with Crippen LogP contribution in [0.15, 0.2) is 0 Å². The first-order valence-electron chi connectivity index (χ1n) is 5.08. The number of nitrogens with zero attached hydrogens (tertiary/aromatic N) is 1. The van der Waals surface area contributed by atoms with Crippen LogP contribution in [-0.2, 0) is 4.74 Å². The molecule has 1 rings (SSSR count). The molecule has 3 heteroatoms. The third-order valence-corrected chi connectivity index (χ3v) is 2.44. The maximum absolute atomic E-state index is 9.81. The van der Waals surface area contributed by atoms with E-state index in [9.17, 15) is 5.11 Å². The van der Waals surface area contributed by atoms with Crippen LogP contribution in [0.4, 0.5) is 0 Å². The third-order valence-electron chi connectivity index (χ3n) is 2.44. The molecule has 2 atom stereocenters. The average Bonchev–Trinajstić information content (AvgIpc) is 2.03. The molecule has 0 spiro atoms. The van der Waals surface area contributed by atoms with E-state index in [2.05, 4.69) is 25.8 Å². The van der Waals surface area contributed by atoms with Crippen molar-refractivity contribution in [3.63, 3.8) is 0 Å². The molecule has 13 heavy (non-hydrogen) atoms. The fraction of sp³-hybridized carbons (Fsp3) is 1.00. The van der Waals surface area contributed by atoms with Crippen LogP contribution in [0.2, 0.25) is 0 Å². The van der Waals surface area contributed by atoms with Gasteiger partial charge in [0.15, 0.2) is 0 Å². The second-order valence-electron chi connectivity index (χ2n) is 4.37. The molecular formula is C10H21NO2. The van der Waals surface area contributed by atoms with Crippen molar-refractivity contribution in [1.82, 2.24) is 4.90 Å². The second-order valence-corrected chi connectivity index (χ2v) is 4.37. The smallest absolute Gasteiger partial charge is 0.0960 e. The molecule has 0 amide bonds. The normalized spacial score (nSPS) is 27.9. The van der Waals surface area contributed by atoms with E-state index < -0.39 is 0 Å². The fourth-order valence-electron chi connectivity index (χ4n) is 1.68. The van der Waals surface area contributed by atoms with Gasteiger partial charge < -0.3 is 14.7 Å². The predicted octanol–water partition coefficient (Wildman–Crippen LogP) is 0.724. The largest absolute Gasteiger partial charge is 0.390 e. The van der Waals surface area contributed by atoms with E-state index in [1.54, 1.807) is 0 Å². The zero-order valence-electron chi connectivity index (χ0n) is 8.86. The van der Waals surface area contributed by atoms with Crippen LogP contribution >= 0.6 is 0 Å². The molecule has 0 aromatic rings. The van der Waals surface area contributed by atoms with Gasteiger partial charge >= 0.3 is 0 Å². The molecule has 1 aliphatic heterocycles. The quantitative estimate of drug-likeness (QED) is 0.707. The van der Waals surface area contributed by atoms with Crippen molar-refractivity contribution in [3.8, 4) is 0 Å². The lowest BCUT2D eigenvalue weighted by atomic mass is 10.0. The zero-order valence-corrected chi connectivity index (χ0v) is 8.86. The zero-order chi connectivity index (χ0) is 9.84. The number of rotatable bonds is 3. The summed E-state index contributed by atoms with van der Waals surface area (Å²) in [4.78, 5) is 2.21. The number of aliphatic hydroxyl groups excluding tert-OH is 1. The molecule has 1 saturated heterocycles. The summed E-state index contributed by atoms with van der Waals surface area (Å²) in [5, 5.41) is 9.81. The van der Waals surface area contributed by atoms with Crippen molar-refractivity contribution in [2.75, 3.05) is 26.7 Å². The molecule has 78 valence electrons. The molecule has 0 aromatic heterocycles. The van der Waals surface area contributed by atoms with Gasteiger partial charge in [-0.15, -0.1) is 0 Å². The maximum atomic E-state index is 9.81. The van der Waals surface area contributed by atoms with E-state index >= 15 is 0 Å². The Labute approximate surface area is 80.7 Å². The number of hydrogen-bond donors (Lipinski definition) is 1. The monoisotopic (exact) mass is 187 g/mol. The Bertz CT molecular complexity index is 150. The number of ether oxygens (including phenoxy) is 1. The van der Waals surface area contributed by atoms with Crippen LogP contribution in [0.25, 0.3) is 0 Å². The third kappa shape index (κ3) is 3.63. The molecule has 1 N–H and O–H groups in total. The van der Waals surface area contributed by atoms with Crippen LogP contribution in [0.5, 0.6) is 0 Å². The Morgan fingerprint density at radius 1 is 1.54 bits per heavy atom. The van der Waals surface area contributed by atoms with Gasteiger partial charge in [-0.1, -0.05) is 13.8 Å². The van der Waals surface area contributed by atoms with Gasteiger partial charge in [-0.2, -0.15) is 0 Å². The molecule has 3 nitrogen and oxygen atoms in total. The van der Waals surface area contributed by atoms with Crippen molar-refractivity contribution in [1.29, 1.82) is 0 Å². The van der Waals surface area contributed by atoms with Gasteiger partial charge in [0.1, 0.15) is 0 Å². The van der Waals surface area contributed by atoms with Crippen molar-refractivity contribution in [3.05, 3.63) is 0 Å². The van der Waals surface area contributed by atoms with Crippen LogP contribution in [0, 0.1) is 5.92 Å². The van der Waals surface area contributed by atoms with E-state index in [4.69, 9.17) is 4.74 Å². The lowest BCUT2D eigenvalue weighted by Gasteiger charge is -2.33. The Balaban J connectivity index is 2.32. The molecule has 1 fully saturated rings. The molecule has 0 radical (unpaired) electrons. The molecular weight excluding hydrogens is 166 g/mol. The Hall–Kier alpha value is -0.120. The highest BCUT2D eigenvalue weighted by Crippen LogP contribution is 2.14. The maximum Gasteiger partial charge on any atom is 0.0960 e. The Morgan fingerprint density at radius 3 is 2.77 bits per heavy atom. The SMILES string of the molecule is CC(C)CC(O)C1CN(C)CCO1. The van der Waals surface area contributed by atoms with Gasteiger partial charge in [-0.05, 0) is 19.4 Å². The number of hydrogen-bond acceptors (Lipinski definition) is 3. The fourth-order valence-corrected chi connectivity index (χ4v) is 1.68. The minimum Gasteiger partial charge on any atom is -0.390 e. The first-order valence-corrected chi connectivity index (χ1v) is 5.08. The first-order chi connectivity index (χ1) is 6.09. The summed E-state index contributed by atoms with van der Waals surface area (Å²) in [6.45, 7) is 6.82. The molecule has 2 unspecified atom stereocenters. The second kappa shape index (κ2) is 4.94. The van der Waals surface area contributed by atoms with Gasteiger partial charge in [-0.3, -0.25) is 0 Å². The van der Waals surface area contributed by atoms with Gasteiger partial charge in [0.2, 0.25) is 0 Å². The number of aliphatic hydroxyl groups is 1. The minimum atomic E-state index is -0.303. The van der Waals surface area contributed by atoms with Crippen LogP contribution in [-0.4, -0.2) is 49.0 Å². The topological polar surface area (TPSA) is 32.7 Å². The summed E-state index contributed by atoms with van der Waals surface area (Å²) < 4.78 is 5.52. The highest BCUT2D eigenvalue weighted by atomic mass is 16.5. The van der Waals surface area contributed by atoms with E-state index in [1.165, 1.54) is 0 Å². The van der Waals surface area contributed by atoms with Crippen molar-refractivity contribution < 1.29 is 9.84 Å². The van der Waals surface area contributed by atoms with Gasteiger partial charge in [0, 0.05) is 13.1 Å². The highest BCUT2D eigenvalue weighted by molar-refractivity contribution is 4.76. The van der Waals surface area contributed by atoms with Gasteiger partial charge in [0.05, 0.1) is 18.8 Å². The summed E-state index contributed by atoms with van der Waals surface area (Å²) in [6.07, 6.45) is 0.544. The van der Waals surface area contributed by atoms with E-state index in [0.29, 0.717) is 5.92 Å². The average molecular weight is 187 g/mol. The number of likely N-dealkylation sites (N-methyl/N-ethyl adjacent to an activating group) is 1. The molecule has 0 aromatic carbocycles.